The van der Waals surface area contributed by atoms with Gasteiger partial charge in [-0.25, -0.2) is 4.98 Å². The molecule has 1 heterocycles. The minimum Gasteiger partial charge on any atom is -0.378 e. The van der Waals surface area contributed by atoms with Gasteiger partial charge in [-0.05, 0) is 43.2 Å². The first-order valence-electron chi connectivity index (χ1n) is 11.0. The first kappa shape index (κ1) is 23.5. The number of amides is 1. The van der Waals surface area contributed by atoms with E-state index in [-0.39, 0.29) is 24.1 Å². The van der Waals surface area contributed by atoms with E-state index in [1.807, 2.05) is 44.2 Å². The Morgan fingerprint density at radius 2 is 1.72 bits per heavy atom. The Kier molecular flexibility index (Phi) is 7.64. The summed E-state index contributed by atoms with van der Waals surface area (Å²) in [6, 6.07) is 15.7. The van der Waals surface area contributed by atoms with Crippen molar-refractivity contribution in [3.8, 4) is 0 Å². The monoisotopic (exact) mass is 435 g/mol. The molecule has 7 nitrogen and oxygen atoms in total. The third-order valence-electron chi connectivity index (χ3n) is 5.87. The van der Waals surface area contributed by atoms with E-state index in [0.717, 1.165) is 17.7 Å². The van der Waals surface area contributed by atoms with Gasteiger partial charge in [0.25, 0.3) is 5.56 Å². The van der Waals surface area contributed by atoms with Crippen molar-refractivity contribution in [2.45, 2.75) is 39.4 Å². The Morgan fingerprint density at radius 3 is 2.38 bits per heavy atom. The summed E-state index contributed by atoms with van der Waals surface area (Å²) in [5.41, 5.74) is 2.73. The van der Waals surface area contributed by atoms with E-state index in [0.29, 0.717) is 29.8 Å². The lowest BCUT2D eigenvalue weighted by molar-refractivity contribution is -0.132. The number of hydrogen-bond acceptors (Lipinski definition) is 5. The number of benzene rings is 2. The Balaban J connectivity index is 1.71. The van der Waals surface area contributed by atoms with E-state index >= 15 is 0 Å². The molecule has 0 saturated carbocycles. The highest BCUT2D eigenvalue weighted by molar-refractivity contribution is 5.78. The zero-order chi connectivity index (χ0) is 23.3. The Morgan fingerprint density at radius 1 is 1.03 bits per heavy atom. The van der Waals surface area contributed by atoms with Crippen molar-refractivity contribution in [2.75, 3.05) is 32.6 Å². The SMILES string of the molecule is CCC(C)N(CC(=O)N(C)Cc1ccc(N(C)C)cc1)Cc1nc2ccccc2c(=O)[nH]1. The number of aromatic nitrogens is 2. The van der Waals surface area contributed by atoms with Crippen molar-refractivity contribution in [2.24, 2.45) is 0 Å². The predicted octanol–water partition coefficient (Wildman–Crippen LogP) is 3.25. The number of carbonyl (C=O) groups excluding carboxylic acids is 1. The van der Waals surface area contributed by atoms with Crippen LogP contribution in [0.2, 0.25) is 0 Å². The van der Waals surface area contributed by atoms with Gasteiger partial charge < -0.3 is 14.8 Å². The van der Waals surface area contributed by atoms with Crippen molar-refractivity contribution in [1.82, 2.24) is 19.8 Å². The smallest absolute Gasteiger partial charge is 0.258 e. The van der Waals surface area contributed by atoms with Crippen LogP contribution >= 0.6 is 0 Å². The summed E-state index contributed by atoms with van der Waals surface area (Å²) in [5, 5.41) is 0.572. The number of hydrogen-bond donors (Lipinski definition) is 1. The largest absolute Gasteiger partial charge is 0.378 e. The van der Waals surface area contributed by atoms with Gasteiger partial charge in [0.2, 0.25) is 5.91 Å². The van der Waals surface area contributed by atoms with Gasteiger partial charge in [-0.3, -0.25) is 14.5 Å². The molecule has 0 spiro atoms. The van der Waals surface area contributed by atoms with Crippen LogP contribution in [-0.4, -0.2) is 59.4 Å². The van der Waals surface area contributed by atoms with Crippen LogP contribution < -0.4 is 10.5 Å². The average Bonchev–Trinajstić information content (AvgIpc) is 2.78. The molecule has 3 rings (SSSR count). The number of anilines is 1. The van der Waals surface area contributed by atoms with Gasteiger partial charge in [0.05, 0.1) is 24.0 Å². The molecule has 1 aromatic heterocycles. The van der Waals surface area contributed by atoms with Crippen LogP contribution in [0.25, 0.3) is 10.9 Å². The minimum absolute atomic E-state index is 0.0325. The van der Waals surface area contributed by atoms with Gasteiger partial charge >= 0.3 is 0 Å². The highest BCUT2D eigenvalue weighted by Gasteiger charge is 2.20. The lowest BCUT2D eigenvalue weighted by Gasteiger charge is -2.29. The van der Waals surface area contributed by atoms with E-state index < -0.39 is 0 Å². The van der Waals surface area contributed by atoms with Gasteiger partial charge in [0.15, 0.2) is 0 Å². The predicted molar refractivity (Wildman–Crippen MR) is 130 cm³/mol. The van der Waals surface area contributed by atoms with Gasteiger partial charge in [-0.2, -0.15) is 0 Å². The maximum Gasteiger partial charge on any atom is 0.258 e. The van der Waals surface area contributed by atoms with Gasteiger partial charge in [-0.1, -0.05) is 31.2 Å². The summed E-state index contributed by atoms with van der Waals surface area (Å²) in [4.78, 5) is 38.8. The van der Waals surface area contributed by atoms with Crippen LogP contribution in [0, 0.1) is 0 Å². The minimum atomic E-state index is -0.153. The molecule has 0 bridgehead atoms. The molecule has 1 atom stereocenters. The number of carbonyl (C=O) groups is 1. The summed E-state index contributed by atoms with van der Waals surface area (Å²) < 4.78 is 0. The quantitative estimate of drug-likeness (QED) is 0.559. The fourth-order valence-electron chi connectivity index (χ4n) is 3.58. The third kappa shape index (κ3) is 5.73. The van der Waals surface area contributed by atoms with Gasteiger partial charge in [0.1, 0.15) is 5.82 Å². The molecule has 1 N–H and O–H groups in total. The zero-order valence-electron chi connectivity index (χ0n) is 19.6. The van der Waals surface area contributed by atoms with Crippen LogP contribution in [0.5, 0.6) is 0 Å². The second-order valence-corrected chi connectivity index (χ2v) is 8.50. The molecule has 0 aliphatic carbocycles. The Labute approximate surface area is 189 Å². The van der Waals surface area contributed by atoms with Crippen molar-refractivity contribution < 1.29 is 4.79 Å². The average molecular weight is 436 g/mol. The topological polar surface area (TPSA) is 72.5 Å². The molecule has 0 aliphatic rings. The molecular formula is C25H33N5O2. The normalized spacial score (nSPS) is 12.2. The van der Waals surface area contributed by atoms with Crippen molar-refractivity contribution in [3.05, 3.63) is 70.3 Å². The fourth-order valence-corrected chi connectivity index (χ4v) is 3.58. The number of nitrogens with zero attached hydrogens (tertiary/aromatic N) is 4. The molecule has 7 heteroatoms. The van der Waals surface area contributed by atoms with E-state index in [9.17, 15) is 9.59 Å². The number of rotatable bonds is 9. The summed E-state index contributed by atoms with van der Waals surface area (Å²) in [7, 11) is 5.84. The second-order valence-electron chi connectivity index (χ2n) is 8.50. The second kappa shape index (κ2) is 10.4. The lowest BCUT2D eigenvalue weighted by Crippen LogP contribution is -2.42. The highest BCUT2D eigenvalue weighted by atomic mass is 16.2. The summed E-state index contributed by atoms with van der Waals surface area (Å²) in [6.45, 7) is 5.40. The molecule has 2 aromatic carbocycles. The number of H-pyrrole nitrogens is 1. The van der Waals surface area contributed by atoms with Crippen LogP contribution in [0.1, 0.15) is 31.7 Å². The molecule has 170 valence electrons. The number of para-hydroxylation sites is 1. The van der Waals surface area contributed by atoms with Gasteiger partial charge in [0, 0.05) is 39.4 Å². The van der Waals surface area contributed by atoms with Crippen molar-refractivity contribution >= 4 is 22.5 Å². The molecule has 0 radical (unpaired) electrons. The highest BCUT2D eigenvalue weighted by Crippen LogP contribution is 2.15. The molecule has 32 heavy (non-hydrogen) atoms. The number of aromatic amines is 1. The van der Waals surface area contributed by atoms with E-state index in [4.69, 9.17) is 0 Å². The van der Waals surface area contributed by atoms with Gasteiger partial charge in [-0.15, -0.1) is 0 Å². The number of nitrogens with one attached hydrogen (secondary N) is 1. The first-order chi connectivity index (χ1) is 15.3. The molecule has 0 saturated heterocycles. The molecular weight excluding hydrogens is 402 g/mol. The molecule has 3 aromatic rings. The zero-order valence-corrected chi connectivity index (χ0v) is 19.6. The molecule has 0 fully saturated rings. The molecule has 0 aliphatic heterocycles. The summed E-state index contributed by atoms with van der Waals surface area (Å²) in [6.07, 6.45) is 0.890. The lowest BCUT2D eigenvalue weighted by atomic mass is 10.2. The standard InChI is InChI=1S/C25H33N5O2/c1-6-18(2)30(16-23-26-22-10-8-7-9-21(22)25(32)27-23)17-24(31)29(5)15-19-11-13-20(14-12-19)28(3)4/h7-14,18H,6,15-17H2,1-5H3,(H,26,27,32). The van der Waals surface area contributed by atoms with Crippen LogP contribution in [0.3, 0.4) is 0 Å². The maximum absolute atomic E-state index is 13.0. The Bertz CT molecular complexity index is 1110. The number of likely N-dealkylation sites (N-methyl/N-ethyl adjacent to an activating group) is 1. The molecule has 1 unspecified atom stereocenters. The summed E-state index contributed by atoms with van der Waals surface area (Å²) >= 11 is 0. The third-order valence-corrected chi connectivity index (χ3v) is 5.87. The van der Waals surface area contributed by atoms with E-state index in [1.165, 1.54) is 0 Å². The molecule has 1 amide bonds. The van der Waals surface area contributed by atoms with Crippen LogP contribution in [0.4, 0.5) is 5.69 Å². The van der Waals surface area contributed by atoms with Crippen molar-refractivity contribution in [1.29, 1.82) is 0 Å². The van der Waals surface area contributed by atoms with Crippen molar-refractivity contribution in [3.63, 3.8) is 0 Å². The summed E-state index contributed by atoms with van der Waals surface area (Å²) in [5.74, 6) is 0.605. The first-order valence-corrected chi connectivity index (χ1v) is 11.0. The maximum atomic E-state index is 13.0. The fraction of sp³-hybridized carbons (Fsp3) is 0.400. The number of fused-ring (bicyclic) bond motifs is 1. The van der Waals surface area contributed by atoms with Crippen LogP contribution in [-0.2, 0) is 17.9 Å². The van der Waals surface area contributed by atoms with E-state index in [2.05, 4.69) is 53.0 Å². The van der Waals surface area contributed by atoms with Crippen LogP contribution in [0.15, 0.2) is 53.3 Å². The van der Waals surface area contributed by atoms with E-state index in [1.54, 1.807) is 11.0 Å². The Hall–Kier alpha value is -3.19.